The first-order valence-electron chi connectivity index (χ1n) is 8.46. The second-order valence-electron chi connectivity index (χ2n) is 6.24. The van der Waals surface area contributed by atoms with Crippen LogP contribution in [0.2, 0.25) is 0 Å². The fourth-order valence-corrected chi connectivity index (χ4v) is 3.94. The summed E-state index contributed by atoms with van der Waals surface area (Å²) in [5.41, 5.74) is 0. The summed E-state index contributed by atoms with van der Waals surface area (Å²) in [7, 11) is 0. The van der Waals surface area contributed by atoms with Gasteiger partial charge in [0.05, 0.1) is 25.7 Å². The highest BCUT2D eigenvalue weighted by Crippen LogP contribution is 2.20. The van der Waals surface area contributed by atoms with E-state index in [4.69, 9.17) is 4.74 Å². The van der Waals surface area contributed by atoms with Crippen molar-refractivity contribution >= 4 is 5.91 Å². The predicted octanol–water partition coefficient (Wildman–Crippen LogP) is 0.719. The van der Waals surface area contributed by atoms with Gasteiger partial charge in [-0.05, 0) is 46.0 Å². The van der Waals surface area contributed by atoms with Crippen molar-refractivity contribution in [3.63, 3.8) is 0 Å². The highest BCUT2D eigenvalue weighted by Gasteiger charge is 2.36. The predicted molar refractivity (Wildman–Crippen MR) is 79.8 cm³/mol. The summed E-state index contributed by atoms with van der Waals surface area (Å²) in [6.45, 7) is 9.34. The third-order valence-corrected chi connectivity index (χ3v) is 5.10. The molecule has 0 saturated carbocycles. The number of rotatable bonds is 6. The molecule has 0 bridgehead atoms. The molecule has 1 N–H and O–H groups in total. The van der Waals surface area contributed by atoms with E-state index in [1.54, 1.807) is 4.90 Å². The number of piperidine rings is 2. The zero-order valence-electron chi connectivity index (χ0n) is 13.2. The topological polar surface area (TPSA) is 34.0 Å². The fraction of sp³-hybridized carbons (Fsp3) is 0.938. The summed E-state index contributed by atoms with van der Waals surface area (Å²) in [6, 6.07) is 0.793. The van der Waals surface area contributed by atoms with Gasteiger partial charge in [0.2, 0.25) is 5.91 Å². The number of likely N-dealkylation sites (N-methyl/N-ethyl adjacent to an activating group) is 1. The normalized spacial score (nSPS) is 29.8. The lowest BCUT2D eigenvalue weighted by Gasteiger charge is -2.41. The monoisotopic (exact) mass is 283 g/mol. The standard InChI is InChI=1S/C16H30N2O2/c1-3-17(4-2)16(19)13-20-12-14-8-7-11-18-10-6-5-9-15(14)18/h14-15H,3-13H2,1-2H3/p+1/t14-,15-/m1/s1. The quantitative estimate of drug-likeness (QED) is 0.779. The molecule has 2 saturated heterocycles. The van der Waals surface area contributed by atoms with Gasteiger partial charge in [0.25, 0.3) is 0 Å². The number of amides is 1. The van der Waals surface area contributed by atoms with E-state index in [0.29, 0.717) is 5.92 Å². The maximum atomic E-state index is 11.9. The Bertz CT molecular complexity index is 303. The molecule has 4 heteroatoms. The van der Waals surface area contributed by atoms with Crippen molar-refractivity contribution in [2.45, 2.75) is 52.0 Å². The number of quaternary nitrogens is 1. The Morgan fingerprint density at radius 1 is 1.15 bits per heavy atom. The first kappa shape index (κ1) is 15.8. The molecule has 0 aliphatic carbocycles. The van der Waals surface area contributed by atoms with Crippen LogP contribution in [0, 0.1) is 5.92 Å². The Hall–Kier alpha value is -0.610. The number of nitrogens with zero attached hydrogens (tertiary/aromatic N) is 1. The van der Waals surface area contributed by atoms with Crippen LogP contribution in [-0.2, 0) is 9.53 Å². The van der Waals surface area contributed by atoms with Crippen LogP contribution < -0.4 is 4.90 Å². The molecule has 0 aromatic carbocycles. The van der Waals surface area contributed by atoms with Gasteiger partial charge in [0.1, 0.15) is 6.61 Å². The van der Waals surface area contributed by atoms with Crippen LogP contribution in [-0.4, -0.2) is 56.2 Å². The van der Waals surface area contributed by atoms with Crippen LogP contribution in [0.5, 0.6) is 0 Å². The highest BCUT2D eigenvalue weighted by molar-refractivity contribution is 5.77. The number of fused-ring (bicyclic) bond motifs is 1. The van der Waals surface area contributed by atoms with Crippen LogP contribution in [0.15, 0.2) is 0 Å². The molecule has 20 heavy (non-hydrogen) atoms. The smallest absolute Gasteiger partial charge is 0.248 e. The van der Waals surface area contributed by atoms with Gasteiger partial charge in [0.15, 0.2) is 0 Å². The molecule has 2 aliphatic rings. The summed E-state index contributed by atoms with van der Waals surface area (Å²) in [6.07, 6.45) is 6.73. The maximum Gasteiger partial charge on any atom is 0.248 e. The van der Waals surface area contributed by atoms with Gasteiger partial charge in [-0.1, -0.05) is 0 Å². The SMILES string of the molecule is CCN(CC)C(=O)COC[C@H]1CCC[NH+]2CCCC[C@H]12. The second-order valence-corrected chi connectivity index (χ2v) is 6.24. The van der Waals surface area contributed by atoms with Gasteiger partial charge >= 0.3 is 0 Å². The Balaban J connectivity index is 1.74. The molecule has 1 unspecified atom stereocenters. The number of carbonyl (C=O) groups is 1. The van der Waals surface area contributed by atoms with E-state index in [2.05, 4.69) is 0 Å². The molecule has 2 rings (SSSR count). The van der Waals surface area contributed by atoms with E-state index in [1.165, 1.54) is 45.2 Å². The van der Waals surface area contributed by atoms with Gasteiger partial charge in [-0.25, -0.2) is 0 Å². The van der Waals surface area contributed by atoms with Crippen LogP contribution in [0.3, 0.4) is 0 Å². The van der Waals surface area contributed by atoms with E-state index in [0.717, 1.165) is 25.7 Å². The van der Waals surface area contributed by atoms with Crippen LogP contribution in [0.1, 0.15) is 46.0 Å². The van der Waals surface area contributed by atoms with Crippen molar-refractivity contribution in [3.05, 3.63) is 0 Å². The Morgan fingerprint density at radius 3 is 2.65 bits per heavy atom. The van der Waals surface area contributed by atoms with Crippen molar-refractivity contribution in [3.8, 4) is 0 Å². The Labute approximate surface area is 123 Å². The molecule has 116 valence electrons. The minimum Gasteiger partial charge on any atom is -0.371 e. The van der Waals surface area contributed by atoms with E-state index in [9.17, 15) is 4.79 Å². The Kier molecular flexibility index (Phi) is 6.30. The summed E-state index contributed by atoms with van der Waals surface area (Å²) >= 11 is 0. The van der Waals surface area contributed by atoms with Gasteiger partial charge in [0, 0.05) is 19.0 Å². The average Bonchev–Trinajstić information content (AvgIpc) is 2.49. The molecule has 0 aromatic heterocycles. The van der Waals surface area contributed by atoms with Crippen molar-refractivity contribution in [2.24, 2.45) is 5.92 Å². The van der Waals surface area contributed by atoms with Gasteiger partial charge < -0.3 is 14.5 Å². The molecule has 0 radical (unpaired) electrons. The summed E-state index contributed by atoms with van der Waals surface area (Å²) in [4.78, 5) is 15.6. The van der Waals surface area contributed by atoms with Crippen molar-refractivity contribution < 1.29 is 14.4 Å². The molecule has 1 amide bonds. The van der Waals surface area contributed by atoms with Crippen LogP contribution in [0.4, 0.5) is 0 Å². The summed E-state index contributed by atoms with van der Waals surface area (Å²) in [5, 5.41) is 0. The summed E-state index contributed by atoms with van der Waals surface area (Å²) in [5.74, 6) is 0.808. The number of hydrogen-bond donors (Lipinski definition) is 1. The lowest BCUT2D eigenvalue weighted by molar-refractivity contribution is -0.940. The zero-order chi connectivity index (χ0) is 14.4. The third kappa shape index (κ3) is 3.95. The lowest BCUT2D eigenvalue weighted by atomic mass is 9.84. The number of carbonyl (C=O) groups excluding carboxylic acids is 1. The van der Waals surface area contributed by atoms with Gasteiger partial charge in [-0.15, -0.1) is 0 Å². The zero-order valence-corrected chi connectivity index (χ0v) is 13.2. The average molecular weight is 283 g/mol. The molecular formula is C16H31N2O2+. The van der Waals surface area contributed by atoms with E-state index in [-0.39, 0.29) is 12.5 Å². The van der Waals surface area contributed by atoms with Crippen molar-refractivity contribution in [1.29, 1.82) is 0 Å². The lowest BCUT2D eigenvalue weighted by Crippen LogP contribution is -3.18. The van der Waals surface area contributed by atoms with E-state index < -0.39 is 0 Å². The number of nitrogens with one attached hydrogen (secondary N) is 1. The minimum absolute atomic E-state index is 0.138. The van der Waals surface area contributed by atoms with Crippen molar-refractivity contribution in [2.75, 3.05) is 39.4 Å². The molecule has 2 aliphatic heterocycles. The molecule has 2 fully saturated rings. The molecule has 2 heterocycles. The van der Waals surface area contributed by atoms with E-state index in [1.807, 2.05) is 18.7 Å². The van der Waals surface area contributed by atoms with Crippen LogP contribution >= 0.6 is 0 Å². The molecular weight excluding hydrogens is 252 g/mol. The first-order chi connectivity index (χ1) is 9.76. The third-order valence-electron chi connectivity index (χ3n) is 5.10. The van der Waals surface area contributed by atoms with Gasteiger partial charge in [-0.3, -0.25) is 4.79 Å². The van der Waals surface area contributed by atoms with E-state index >= 15 is 0 Å². The number of ether oxygens (including phenoxy) is 1. The van der Waals surface area contributed by atoms with Crippen molar-refractivity contribution in [1.82, 2.24) is 4.90 Å². The fourth-order valence-electron chi connectivity index (χ4n) is 3.94. The molecule has 3 atom stereocenters. The number of hydrogen-bond acceptors (Lipinski definition) is 2. The maximum absolute atomic E-state index is 11.9. The Morgan fingerprint density at radius 2 is 1.90 bits per heavy atom. The van der Waals surface area contributed by atoms with Gasteiger partial charge in [-0.2, -0.15) is 0 Å². The largest absolute Gasteiger partial charge is 0.371 e. The molecule has 0 spiro atoms. The van der Waals surface area contributed by atoms with Crippen LogP contribution in [0.25, 0.3) is 0 Å². The molecule has 0 aromatic rings. The summed E-state index contributed by atoms with van der Waals surface area (Å²) < 4.78 is 5.76. The first-order valence-corrected chi connectivity index (χ1v) is 8.46. The highest BCUT2D eigenvalue weighted by atomic mass is 16.5. The minimum atomic E-state index is 0.138. The second kappa shape index (κ2) is 7.99. The molecule has 4 nitrogen and oxygen atoms in total.